The first kappa shape index (κ1) is 13.8. The molecule has 7 heteroatoms. The molecule has 6 nitrogen and oxygen atoms in total. The Morgan fingerprint density at radius 2 is 2.32 bits per heavy atom. The Kier molecular flexibility index (Phi) is 3.73. The average Bonchev–Trinajstić information content (AvgIpc) is 2.81. The molecule has 1 aromatic rings. The normalized spacial score (nSPS) is 22.4. The Bertz CT molecular complexity index is 525. The molecule has 0 radical (unpaired) electrons. The molecule has 1 fully saturated rings. The first-order valence-electron chi connectivity index (χ1n) is 5.69. The van der Waals surface area contributed by atoms with Crippen molar-refractivity contribution in [1.82, 2.24) is 0 Å². The second kappa shape index (κ2) is 5.14. The van der Waals surface area contributed by atoms with Crippen LogP contribution in [0.1, 0.15) is 12.0 Å². The van der Waals surface area contributed by atoms with Crippen LogP contribution in [0.5, 0.6) is 0 Å². The Balaban J connectivity index is 2.37. The highest BCUT2D eigenvalue weighted by Crippen LogP contribution is 2.36. The summed E-state index contributed by atoms with van der Waals surface area (Å²) in [6.45, 7) is 0.426. The number of carboxylic acids is 1. The number of ether oxygens (including phenoxy) is 1. The zero-order valence-corrected chi connectivity index (χ0v) is 10.7. The third-order valence-corrected chi connectivity index (χ3v) is 3.56. The predicted octanol–water partition coefficient (Wildman–Crippen LogP) is 2.28. The van der Waals surface area contributed by atoms with Crippen LogP contribution in [0.2, 0.25) is 5.02 Å². The summed E-state index contributed by atoms with van der Waals surface area (Å²) in [7, 11) is 0. The van der Waals surface area contributed by atoms with Gasteiger partial charge in [-0.2, -0.15) is 0 Å². The molecule has 0 amide bonds. The Hall–Kier alpha value is -1.66. The van der Waals surface area contributed by atoms with Gasteiger partial charge in [-0.05, 0) is 18.9 Å². The Morgan fingerprint density at radius 3 is 2.84 bits per heavy atom. The molecular weight excluding hydrogens is 274 g/mol. The van der Waals surface area contributed by atoms with Crippen LogP contribution in [0.4, 0.5) is 5.69 Å². The maximum Gasteiger partial charge on any atom is 0.312 e. The van der Waals surface area contributed by atoms with Crippen molar-refractivity contribution >= 4 is 23.3 Å². The van der Waals surface area contributed by atoms with Crippen LogP contribution in [0.3, 0.4) is 0 Å². The first-order valence-corrected chi connectivity index (χ1v) is 6.06. The summed E-state index contributed by atoms with van der Waals surface area (Å²) in [5.74, 6) is -0.991. The number of halogens is 1. The van der Waals surface area contributed by atoms with Gasteiger partial charge in [-0.3, -0.25) is 14.9 Å². The lowest BCUT2D eigenvalue weighted by Crippen LogP contribution is -2.34. The van der Waals surface area contributed by atoms with E-state index in [1.54, 1.807) is 0 Å². The minimum atomic E-state index is -1.08. The van der Waals surface area contributed by atoms with Crippen molar-refractivity contribution in [3.05, 3.63) is 38.9 Å². The van der Waals surface area contributed by atoms with Crippen molar-refractivity contribution in [3.8, 4) is 0 Å². The van der Waals surface area contributed by atoms with Crippen LogP contribution in [0.25, 0.3) is 0 Å². The van der Waals surface area contributed by atoms with Crippen molar-refractivity contribution < 1.29 is 19.6 Å². The number of aliphatic carboxylic acids is 1. The summed E-state index contributed by atoms with van der Waals surface area (Å²) in [6.07, 6.45) is 0.415. The maximum absolute atomic E-state index is 11.4. The summed E-state index contributed by atoms with van der Waals surface area (Å²) in [4.78, 5) is 21.8. The van der Waals surface area contributed by atoms with Gasteiger partial charge in [0.05, 0.1) is 16.9 Å². The van der Waals surface area contributed by atoms with Crippen LogP contribution >= 0.6 is 11.6 Å². The number of nitro groups is 1. The van der Waals surface area contributed by atoms with Crippen molar-refractivity contribution in [2.75, 3.05) is 13.2 Å². The van der Waals surface area contributed by atoms with Gasteiger partial charge >= 0.3 is 5.97 Å². The molecule has 0 bridgehead atoms. The zero-order chi connectivity index (χ0) is 14.0. The number of nitro benzene ring substituents is 1. The number of benzene rings is 1. The van der Waals surface area contributed by atoms with E-state index in [1.165, 1.54) is 18.2 Å². The molecule has 1 atom stereocenters. The molecular formula is C12H12ClNO5. The van der Waals surface area contributed by atoms with E-state index in [9.17, 15) is 20.0 Å². The van der Waals surface area contributed by atoms with Crippen LogP contribution in [-0.4, -0.2) is 29.2 Å². The smallest absolute Gasteiger partial charge is 0.312 e. The predicted molar refractivity (Wildman–Crippen MR) is 67.3 cm³/mol. The number of hydrogen-bond acceptors (Lipinski definition) is 4. The average molecular weight is 286 g/mol. The molecule has 1 unspecified atom stereocenters. The minimum absolute atomic E-state index is 0.0653. The van der Waals surface area contributed by atoms with E-state index in [4.69, 9.17) is 16.3 Å². The summed E-state index contributed by atoms with van der Waals surface area (Å²) >= 11 is 5.73. The monoisotopic (exact) mass is 285 g/mol. The van der Waals surface area contributed by atoms with E-state index < -0.39 is 16.3 Å². The van der Waals surface area contributed by atoms with Crippen LogP contribution in [0, 0.1) is 15.5 Å². The Morgan fingerprint density at radius 1 is 1.58 bits per heavy atom. The number of nitrogens with zero attached hydrogens (tertiary/aromatic N) is 1. The van der Waals surface area contributed by atoms with E-state index in [1.807, 2.05) is 0 Å². The first-order chi connectivity index (χ1) is 8.94. The highest BCUT2D eigenvalue weighted by atomic mass is 35.5. The van der Waals surface area contributed by atoms with Gasteiger partial charge in [-0.15, -0.1) is 0 Å². The number of carboxylic acid groups (broad SMARTS) is 1. The summed E-state index contributed by atoms with van der Waals surface area (Å²) in [6, 6.07) is 4.26. The largest absolute Gasteiger partial charge is 0.481 e. The zero-order valence-electron chi connectivity index (χ0n) is 9.97. The molecule has 1 N–H and O–H groups in total. The molecule has 1 aliphatic heterocycles. The van der Waals surface area contributed by atoms with Gasteiger partial charge in [-0.1, -0.05) is 17.7 Å². The topological polar surface area (TPSA) is 89.7 Å². The molecule has 1 aromatic carbocycles. The molecule has 1 aliphatic rings. The standard InChI is InChI=1S/C12H12ClNO5/c13-9-2-1-8(10(5-9)14(17)18)6-12(11(15)16)3-4-19-7-12/h1-2,5H,3-4,6-7H2,(H,15,16). The number of rotatable bonds is 4. The molecule has 19 heavy (non-hydrogen) atoms. The third kappa shape index (κ3) is 2.69. The molecule has 0 aliphatic carbocycles. The van der Waals surface area contributed by atoms with Gasteiger partial charge in [0.1, 0.15) is 0 Å². The van der Waals surface area contributed by atoms with E-state index in [0.717, 1.165) is 0 Å². The fourth-order valence-electron chi connectivity index (χ4n) is 2.21. The lowest BCUT2D eigenvalue weighted by atomic mass is 9.80. The molecule has 0 saturated carbocycles. The fraction of sp³-hybridized carbons (Fsp3) is 0.417. The van der Waals surface area contributed by atoms with Gasteiger partial charge in [0.15, 0.2) is 0 Å². The van der Waals surface area contributed by atoms with E-state index in [-0.39, 0.29) is 23.7 Å². The van der Waals surface area contributed by atoms with Crippen LogP contribution in [-0.2, 0) is 16.0 Å². The van der Waals surface area contributed by atoms with Crippen molar-refractivity contribution in [2.45, 2.75) is 12.8 Å². The second-order valence-electron chi connectivity index (χ2n) is 4.59. The second-order valence-corrected chi connectivity index (χ2v) is 5.03. The summed E-state index contributed by atoms with van der Waals surface area (Å²) in [5, 5.41) is 20.6. The van der Waals surface area contributed by atoms with Crippen LogP contribution in [0.15, 0.2) is 18.2 Å². The quantitative estimate of drug-likeness (QED) is 0.677. The lowest BCUT2D eigenvalue weighted by molar-refractivity contribution is -0.385. The van der Waals surface area contributed by atoms with Crippen LogP contribution < -0.4 is 0 Å². The fourth-order valence-corrected chi connectivity index (χ4v) is 2.38. The SMILES string of the molecule is O=C(O)C1(Cc2ccc(Cl)cc2[N+](=O)[O-])CCOC1. The highest BCUT2D eigenvalue weighted by Gasteiger charge is 2.43. The van der Waals surface area contributed by atoms with Crippen molar-refractivity contribution in [2.24, 2.45) is 5.41 Å². The molecule has 102 valence electrons. The molecule has 1 heterocycles. The molecule has 2 rings (SSSR count). The van der Waals surface area contributed by atoms with Gasteiger partial charge in [0, 0.05) is 23.3 Å². The number of carbonyl (C=O) groups is 1. The van der Waals surface area contributed by atoms with Gasteiger partial charge in [0.2, 0.25) is 0 Å². The number of hydrogen-bond donors (Lipinski definition) is 1. The van der Waals surface area contributed by atoms with Gasteiger partial charge in [0.25, 0.3) is 5.69 Å². The van der Waals surface area contributed by atoms with E-state index in [2.05, 4.69) is 0 Å². The molecule has 0 spiro atoms. The molecule has 0 aromatic heterocycles. The van der Waals surface area contributed by atoms with Crippen molar-refractivity contribution in [1.29, 1.82) is 0 Å². The summed E-state index contributed by atoms with van der Waals surface area (Å²) < 4.78 is 5.14. The third-order valence-electron chi connectivity index (χ3n) is 3.33. The van der Waals surface area contributed by atoms with E-state index >= 15 is 0 Å². The summed E-state index contributed by atoms with van der Waals surface area (Å²) in [5.41, 5.74) is -0.874. The maximum atomic E-state index is 11.4. The van der Waals surface area contributed by atoms with Crippen molar-refractivity contribution in [3.63, 3.8) is 0 Å². The lowest BCUT2D eigenvalue weighted by Gasteiger charge is -2.21. The van der Waals surface area contributed by atoms with Gasteiger partial charge in [-0.25, -0.2) is 0 Å². The minimum Gasteiger partial charge on any atom is -0.481 e. The molecule has 1 saturated heterocycles. The Labute approximate surface area is 114 Å². The van der Waals surface area contributed by atoms with Gasteiger partial charge < -0.3 is 9.84 Å². The van der Waals surface area contributed by atoms with E-state index in [0.29, 0.717) is 18.6 Å². The highest BCUT2D eigenvalue weighted by molar-refractivity contribution is 6.30.